The van der Waals surface area contributed by atoms with Gasteiger partial charge in [0, 0.05) is 23.0 Å². The summed E-state index contributed by atoms with van der Waals surface area (Å²) in [5.41, 5.74) is 5.63. The molecule has 4 heteroatoms. The van der Waals surface area contributed by atoms with Crippen molar-refractivity contribution in [3.8, 4) is 0 Å². The van der Waals surface area contributed by atoms with Crippen molar-refractivity contribution < 1.29 is 4.79 Å². The largest absolute Gasteiger partial charge is 0.353 e. The maximum absolute atomic E-state index is 12.0. The summed E-state index contributed by atoms with van der Waals surface area (Å²) < 4.78 is 0. The molecule has 0 radical (unpaired) electrons. The molecule has 0 saturated carbocycles. The Labute approximate surface area is 111 Å². The summed E-state index contributed by atoms with van der Waals surface area (Å²) >= 11 is 0. The lowest BCUT2D eigenvalue weighted by Crippen LogP contribution is -2.62. The average molecular weight is 255 g/mol. The van der Waals surface area contributed by atoms with E-state index < -0.39 is 0 Å². The van der Waals surface area contributed by atoms with Crippen LogP contribution < -0.4 is 16.4 Å². The molecule has 106 valence electrons. The topological polar surface area (TPSA) is 67.2 Å². The van der Waals surface area contributed by atoms with Gasteiger partial charge in [0.25, 0.3) is 0 Å². The van der Waals surface area contributed by atoms with E-state index in [0.29, 0.717) is 6.54 Å². The zero-order chi connectivity index (χ0) is 14.0. The van der Waals surface area contributed by atoms with Crippen LogP contribution in [0, 0.1) is 5.92 Å². The first-order valence-corrected chi connectivity index (χ1v) is 6.95. The van der Waals surface area contributed by atoms with E-state index in [9.17, 15) is 4.79 Å². The smallest absolute Gasteiger partial charge is 0.223 e. The van der Waals surface area contributed by atoms with Gasteiger partial charge in [0.2, 0.25) is 5.91 Å². The van der Waals surface area contributed by atoms with Crippen molar-refractivity contribution >= 4 is 5.91 Å². The van der Waals surface area contributed by atoms with Crippen LogP contribution in [0.3, 0.4) is 0 Å². The van der Waals surface area contributed by atoms with Gasteiger partial charge < -0.3 is 16.4 Å². The summed E-state index contributed by atoms with van der Waals surface area (Å²) in [6.45, 7) is 11.3. The van der Waals surface area contributed by atoms with Crippen molar-refractivity contribution in [3.05, 3.63) is 0 Å². The molecule has 0 bridgehead atoms. The molecule has 4 N–H and O–H groups in total. The Morgan fingerprint density at radius 3 is 2.28 bits per heavy atom. The SMILES string of the molecule is CC(CCN)C(=O)NC1CC(C)(C)NC(C)(C)C1. The van der Waals surface area contributed by atoms with Crippen LogP contribution in [0.1, 0.15) is 53.9 Å². The van der Waals surface area contributed by atoms with E-state index in [0.717, 1.165) is 19.3 Å². The summed E-state index contributed by atoms with van der Waals surface area (Å²) in [6, 6.07) is 0.254. The molecule has 0 aliphatic carbocycles. The molecule has 0 spiro atoms. The first kappa shape index (κ1) is 15.4. The Bertz CT molecular complexity index is 283. The molecule has 0 aromatic carbocycles. The van der Waals surface area contributed by atoms with Crippen molar-refractivity contribution in [1.29, 1.82) is 0 Å². The zero-order valence-electron chi connectivity index (χ0n) is 12.5. The number of nitrogens with two attached hydrogens (primary N) is 1. The standard InChI is InChI=1S/C14H29N3O/c1-10(6-7-15)12(18)16-11-8-13(2,3)17-14(4,5)9-11/h10-11,17H,6-9,15H2,1-5H3,(H,16,18). The van der Waals surface area contributed by atoms with E-state index in [2.05, 4.69) is 38.3 Å². The minimum atomic E-state index is 0.0103. The summed E-state index contributed by atoms with van der Waals surface area (Å²) in [4.78, 5) is 12.0. The van der Waals surface area contributed by atoms with Crippen molar-refractivity contribution in [2.24, 2.45) is 11.7 Å². The van der Waals surface area contributed by atoms with Gasteiger partial charge in [0.1, 0.15) is 0 Å². The van der Waals surface area contributed by atoms with E-state index in [4.69, 9.17) is 5.73 Å². The van der Waals surface area contributed by atoms with Gasteiger partial charge in [0.05, 0.1) is 0 Å². The van der Waals surface area contributed by atoms with Gasteiger partial charge in [-0.25, -0.2) is 0 Å². The molecule has 1 aliphatic heterocycles. The Morgan fingerprint density at radius 1 is 1.33 bits per heavy atom. The van der Waals surface area contributed by atoms with Gasteiger partial charge >= 0.3 is 0 Å². The van der Waals surface area contributed by atoms with E-state index >= 15 is 0 Å². The second kappa shape index (κ2) is 5.57. The van der Waals surface area contributed by atoms with Gasteiger partial charge in [-0.1, -0.05) is 6.92 Å². The number of hydrogen-bond acceptors (Lipinski definition) is 3. The summed E-state index contributed by atoms with van der Waals surface area (Å²) in [5.74, 6) is 0.148. The van der Waals surface area contributed by atoms with E-state index in [1.54, 1.807) is 0 Å². The third-order valence-corrected chi connectivity index (χ3v) is 3.58. The van der Waals surface area contributed by atoms with Crippen molar-refractivity contribution in [2.75, 3.05) is 6.54 Å². The molecule has 1 amide bonds. The number of amides is 1. The van der Waals surface area contributed by atoms with Gasteiger partial charge in [-0.2, -0.15) is 0 Å². The molecule has 1 unspecified atom stereocenters. The molecule has 0 aromatic heterocycles. The first-order valence-electron chi connectivity index (χ1n) is 6.95. The number of carbonyl (C=O) groups is 1. The van der Waals surface area contributed by atoms with Crippen LogP contribution in [-0.2, 0) is 4.79 Å². The van der Waals surface area contributed by atoms with Gasteiger partial charge in [-0.3, -0.25) is 4.79 Å². The fourth-order valence-corrected chi connectivity index (χ4v) is 3.15. The summed E-state index contributed by atoms with van der Waals surface area (Å²) in [5, 5.41) is 6.80. The fourth-order valence-electron chi connectivity index (χ4n) is 3.15. The van der Waals surface area contributed by atoms with Crippen LogP contribution in [0.15, 0.2) is 0 Å². The molecule has 18 heavy (non-hydrogen) atoms. The van der Waals surface area contributed by atoms with Crippen LogP contribution >= 0.6 is 0 Å². The number of hydrogen-bond donors (Lipinski definition) is 3. The minimum absolute atomic E-state index is 0.0103. The highest BCUT2D eigenvalue weighted by atomic mass is 16.1. The molecule has 1 atom stereocenters. The highest BCUT2D eigenvalue weighted by Crippen LogP contribution is 2.28. The summed E-state index contributed by atoms with van der Waals surface area (Å²) in [7, 11) is 0. The normalized spacial score (nSPS) is 24.6. The quantitative estimate of drug-likeness (QED) is 0.711. The predicted octanol–water partition coefficient (Wildman–Crippen LogP) is 1.40. The van der Waals surface area contributed by atoms with E-state index in [1.165, 1.54) is 0 Å². The zero-order valence-corrected chi connectivity index (χ0v) is 12.5. The third kappa shape index (κ3) is 4.58. The Balaban J connectivity index is 2.59. The Kier molecular flexibility index (Phi) is 4.78. The second-order valence-electron chi connectivity index (χ2n) is 6.98. The van der Waals surface area contributed by atoms with Crippen LogP contribution in [0.25, 0.3) is 0 Å². The Morgan fingerprint density at radius 2 is 1.83 bits per heavy atom. The van der Waals surface area contributed by atoms with Crippen LogP contribution in [-0.4, -0.2) is 29.6 Å². The second-order valence-corrected chi connectivity index (χ2v) is 6.98. The number of piperidine rings is 1. The molecular formula is C14H29N3O. The lowest BCUT2D eigenvalue weighted by molar-refractivity contribution is -0.125. The van der Waals surface area contributed by atoms with E-state index in [1.807, 2.05) is 6.92 Å². The molecule has 1 saturated heterocycles. The molecule has 1 rings (SSSR count). The maximum atomic E-state index is 12.0. The number of rotatable bonds is 4. The minimum Gasteiger partial charge on any atom is -0.353 e. The summed E-state index contributed by atoms with van der Waals surface area (Å²) in [6.07, 6.45) is 2.69. The highest BCUT2D eigenvalue weighted by Gasteiger charge is 2.38. The predicted molar refractivity (Wildman–Crippen MR) is 75.3 cm³/mol. The maximum Gasteiger partial charge on any atom is 0.223 e. The van der Waals surface area contributed by atoms with Crippen molar-refractivity contribution in [1.82, 2.24) is 10.6 Å². The molecule has 1 aliphatic rings. The van der Waals surface area contributed by atoms with Crippen LogP contribution in [0.2, 0.25) is 0 Å². The lowest BCUT2D eigenvalue weighted by Gasteiger charge is -2.46. The van der Waals surface area contributed by atoms with Gasteiger partial charge in [-0.15, -0.1) is 0 Å². The fraction of sp³-hybridized carbons (Fsp3) is 0.929. The number of nitrogens with one attached hydrogen (secondary N) is 2. The highest BCUT2D eigenvalue weighted by molar-refractivity contribution is 5.78. The van der Waals surface area contributed by atoms with Crippen molar-refractivity contribution in [2.45, 2.75) is 71.0 Å². The molecule has 1 fully saturated rings. The number of carbonyl (C=O) groups excluding carboxylic acids is 1. The van der Waals surface area contributed by atoms with Gasteiger partial charge in [0.15, 0.2) is 0 Å². The average Bonchev–Trinajstić information content (AvgIpc) is 2.12. The molecule has 0 aromatic rings. The molecular weight excluding hydrogens is 226 g/mol. The first-order chi connectivity index (χ1) is 8.15. The molecule has 4 nitrogen and oxygen atoms in total. The van der Waals surface area contributed by atoms with Crippen LogP contribution in [0.5, 0.6) is 0 Å². The monoisotopic (exact) mass is 255 g/mol. The third-order valence-electron chi connectivity index (χ3n) is 3.58. The lowest BCUT2D eigenvalue weighted by atomic mass is 9.79. The molecule has 1 heterocycles. The van der Waals surface area contributed by atoms with Crippen LogP contribution in [0.4, 0.5) is 0 Å². The Hall–Kier alpha value is -0.610. The van der Waals surface area contributed by atoms with Crippen molar-refractivity contribution in [3.63, 3.8) is 0 Å². The van der Waals surface area contributed by atoms with Gasteiger partial charge in [-0.05, 0) is 53.5 Å². The van der Waals surface area contributed by atoms with E-state index in [-0.39, 0.29) is 28.9 Å².